The average molecular weight is 222 g/mol. The van der Waals surface area contributed by atoms with E-state index in [1.54, 1.807) is 0 Å². The molecular formula is C8H18N2OS2. The van der Waals surface area contributed by atoms with Gasteiger partial charge < -0.3 is 10.2 Å². The lowest BCUT2D eigenvalue weighted by Crippen LogP contribution is -2.27. The predicted molar refractivity (Wildman–Crippen MR) is 64.7 cm³/mol. The summed E-state index contributed by atoms with van der Waals surface area (Å²) in [6.07, 6.45) is 1.68. The van der Waals surface area contributed by atoms with Crippen LogP contribution in [0.25, 0.3) is 0 Å². The maximum Gasteiger partial charge on any atom is 0.159 e. The highest BCUT2D eigenvalue weighted by Crippen LogP contribution is 1.85. The third-order valence-corrected chi connectivity index (χ3v) is 1.89. The van der Waals surface area contributed by atoms with Crippen LogP contribution in [-0.2, 0) is 4.74 Å². The first-order chi connectivity index (χ1) is 6.12. The zero-order chi connectivity index (χ0) is 10.7. The average Bonchev–Trinajstić information content (AvgIpc) is 2.18. The topological polar surface area (TPSA) is 47.3 Å². The van der Waals surface area contributed by atoms with E-state index in [2.05, 4.69) is 17.6 Å². The summed E-state index contributed by atoms with van der Waals surface area (Å²) in [7, 11) is 0. The van der Waals surface area contributed by atoms with Crippen molar-refractivity contribution < 1.29 is 4.74 Å². The van der Waals surface area contributed by atoms with Gasteiger partial charge in [-0.25, -0.2) is 0 Å². The summed E-state index contributed by atoms with van der Waals surface area (Å²) < 4.78 is 4.92. The largest absolute Gasteiger partial charge is 0.487 e. The molecule has 0 aliphatic rings. The quantitative estimate of drug-likeness (QED) is 0.434. The molecule has 0 saturated heterocycles. The minimum Gasteiger partial charge on any atom is -0.487 e. The minimum atomic E-state index is 0.701. The highest BCUT2D eigenvalue weighted by Gasteiger charge is 1.85. The molecule has 0 rings (SSSR count). The van der Waals surface area contributed by atoms with Gasteiger partial charge in [0.1, 0.15) is 0 Å². The van der Waals surface area contributed by atoms with Crippen LogP contribution in [0.2, 0.25) is 0 Å². The van der Waals surface area contributed by atoms with Gasteiger partial charge in [-0.2, -0.15) is 0 Å². The number of hydrazine groups is 1. The molecule has 0 amide bonds. The molecule has 0 spiro atoms. The zero-order valence-corrected chi connectivity index (χ0v) is 10.1. The maximum absolute atomic E-state index is 4.92. The summed E-state index contributed by atoms with van der Waals surface area (Å²) in [5.74, 6) is 4.89. The van der Waals surface area contributed by atoms with Gasteiger partial charge in [-0.3, -0.25) is 5.84 Å². The molecule has 0 heterocycles. The van der Waals surface area contributed by atoms with E-state index in [4.69, 9.17) is 22.8 Å². The molecule has 0 atom stereocenters. The summed E-state index contributed by atoms with van der Waals surface area (Å²) >= 11 is 9.35. The molecule has 0 fully saturated rings. The number of hydrogen-bond acceptors (Lipinski definition) is 4. The summed E-state index contributed by atoms with van der Waals surface area (Å²) in [5, 5.41) is 0.711. The second kappa shape index (κ2) is 11.7. The van der Waals surface area contributed by atoms with Crippen molar-refractivity contribution in [2.75, 3.05) is 6.61 Å². The molecule has 0 aromatic rings. The van der Waals surface area contributed by atoms with Gasteiger partial charge in [0.25, 0.3) is 0 Å². The normalized spacial score (nSPS) is 8.00. The van der Waals surface area contributed by atoms with Crippen LogP contribution in [0.5, 0.6) is 0 Å². The number of hydrogen-bond donors (Lipinski definition) is 2. The van der Waals surface area contributed by atoms with E-state index in [0.29, 0.717) is 16.6 Å². The molecule has 0 unspecified atom stereocenters. The number of thiocarbonyl (C=S) groups is 2. The van der Waals surface area contributed by atoms with Crippen LogP contribution < -0.4 is 11.3 Å². The summed E-state index contributed by atoms with van der Waals surface area (Å²) in [6, 6.07) is 0. The van der Waals surface area contributed by atoms with E-state index >= 15 is 0 Å². The van der Waals surface area contributed by atoms with Crippen molar-refractivity contribution in [2.24, 2.45) is 5.84 Å². The second-order valence-electron chi connectivity index (χ2n) is 2.08. The van der Waals surface area contributed by atoms with Crippen LogP contribution in [0.4, 0.5) is 0 Å². The molecule has 3 N–H and O–H groups in total. The van der Waals surface area contributed by atoms with Gasteiger partial charge in [0, 0.05) is 6.42 Å². The Morgan fingerprint density at radius 3 is 1.85 bits per heavy atom. The number of ether oxygens (including phenoxy) is 1. The molecule has 0 aromatic carbocycles. The molecule has 0 radical (unpaired) electrons. The van der Waals surface area contributed by atoms with E-state index in [9.17, 15) is 0 Å². The fourth-order valence-corrected chi connectivity index (χ4v) is 0.483. The Hall–Kier alpha value is -0.260. The molecule has 0 aliphatic carbocycles. The molecule has 0 aromatic heterocycles. The van der Waals surface area contributed by atoms with Crippen LogP contribution in [0.3, 0.4) is 0 Å². The minimum absolute atomic E-state index is 0.701. The van der Waals surface area contributed by atoms with Crippen molar-refractivity contribution in [1.82, 2.24) is 5.43 Å². The highest BCUT2D eigenvalue weighted by molar-refractivity contribution is 7.80. The second-order valence-corrected chi connectivity index (χ2v) is 3.03. The van der Waals surface area contributed by atoms with Gasteiger partial charge in [0.05, 0.1) is 11.6 Å². The van der Waals surface area contributed by atoms with E-state index in [1.807, 2.05) is 20.8 Å². The van der Waals surface area contributed by atoms with Crippen molar-refractivity contribution in [3.63, 3.8) is 0 Å². The van der Waals surface area contributed by atoms with E-state index in [0.717, 1.165) is 12.8 Å². The Bertz CT molecular complexity index is 145. The predicted octanol–water partition coefficient (Wildman–Crippen LogP) is 1.95. The molecule has 3 nitrogen and oxygen atoms in total. The van der Waals surface area contributed by atoms with Crippen molar-refractivity contribution in [2.45, 2.75) is 33.6 Å². The van der Waals surface area contributed by atoms with E-state index in [1.165, 1.54) is 0 Å². The maximum atomic E-state index is 4.92. The van der Waals surface area contributed by atoms with Crippen LogP contribution in [0.15, 0.2) is 0 Å². The van der Waals surface area contributed by atoms with Gasteiger partial charge >= 0.3 is 0 Å². The van der Waals surface area contributed by atoms with E-state index < -0.39 is 0 Å². The van der Waals surface area contributed by atoms with Gasteiger partial charge in [-0.15, -0.1) is 0 Å². The van der Waals surface area contributed by atoms with Crippen molar-refractivity contribution in [1.29, 1.82) is 0 Å². The van der Waals surface area contributed by atoms with Crippen LogP contribution in [-0.4, -0.2) is 16.6 Å². The highest BCUT2D eigenvalue weighted by atomic mass is 32.1. The van der Waals surface area contributed by atoms with E-state index in [-0.39, 0.29) is 0 Å². The van der Waals surface area contributed by atoms with Crippen LogP contribution in [0.1, 0.15) is 33.6 Å². The fourth-order valence-electron chi connectivity index (χ4n) is 0.365. The Morgan fingerprint density at radius 1 is 1.23 bits per heavy atom. The summed E-state index contributed by atoms with van der Waals surface area (Å²) in [5.41, 5.74) is 2.35. The van der Waals surface area contributed by atoms with Crippen molar-refractivity contribution >= 4 is 34.5 Å². The molecule has 78 valence electrons. The SMILES string of the molecule is CCC(=S)NN.CCOC(=S)CC. The first-order valence-corrected chi connectivity index (χ1v) is 5.08. The van der Waals surface area contributed by atoms with Gasteiger partial charge in [0.15, 0.2) is 5.05 Å². The Morgan fingerprint density at radius 2 is 1.77 bits per heavy atom. The smallest absolute Gasteiger partial charge is 0.159 e. The van der Waals surface area contributed by atoms with Crippen molar-refractivity contribution in [3.8, 4) is 0 Å². The Labute approximate surface area is 91.0 Å². The number of rotatable bonds is 3. The molecule has 5 heteroatoms. The molecule has 0 aliphatic heterocycles. The molecule has 0 saturated carbocycles. The molecule has 13 heavy (non-hydrogen) atoms. The standard InChI is InChI=1S/C5H10OS.C3H8N2S/c1-3-5(7)6-4-2;1-2-3(6)5-4/h3-4H2,1-2H3;2,4H2,1H3,(H,5,6). The Kier molecular flexibility index (Phi) is 13.7. The van der Waals surface area contributed by atoms with Crippen LogP contribution in [0, 0.1) is 0 Å². The summed E-state index contributed by atoms with van der Waals surface area (Å²) in [4.78, 5) is 0.704. The lowest BCUT2D eigenvalue weighted by Gasteiger charge is -1.97. The zero-order valence-electron chi connectivity index (χ0n) is 8.42. The first-order valence-electron chi connectivity index (χ1n) is 4.27. The third-order valence-electron chi connectivity index (χ3n) is 1.08. The Balaban J connectivity index is 0. The molecular weight excluding hydrogens is 204 g/mol. The third kappa shape index (κ3) is 14.6. The van der Waals surface area contributed by atoms with Gasteiger partial charge in [-0.05, 0) is 25.6 Å². The van der Waals surface area contributed by atoms with Gasteiger partial charge in [-0.1, -0.05) is 26.1 Å². The van der Waals surface area contributed by atoms with Crippen LogP contribution >= 0.6 is 24.4 Å². The summed E-state index contributed by atoms with van der Waals surface area (Å²) in [6.45, 7) is 6.56. The van der Waals surface area contributed by atoms with Crippen molar-refractivity contribution in [3.05, 3.63) is 0 Å². The first kappa shape index (κ1) is 15.2. The number of nitrogens with one attached hydrogen (secondary N) is 1. The lowest BCUT2D eigenvalue weighted by molar-refractivity contribution is 0.328. The fraction of sp³-hybridized carbons (Fsp3) is 0.750. The van der Waals surface area contributed by atoms with Gasteiger partial charge in [0.2, 0.25) is 0 Å². The lowest BCUT2D eigenvalue weighted by atomic mass is 10.5. The number of nitrogens with two attached hydrogens (primary N) is 1. The monoisotopic (exact) mass is 222 g/mol. The molecule has 0 bridgehead atoms.